The highest BCUT2D eigenvalue weighted by Gasteiger charge is 2.30. The predicted molar refractivity (Wildman–Crippen MR) is 72.6 cm³/mol. The van der Waals surface area contributed by atoms with Gasteiger partial charge < -0.3 is 5.21 Å². The smallest absolute Gasteiger partial charge is 0.175 e. The molecule has 18 heavy (non-hydrogen) atoms. The molecule has 0 amide bonds. The molecule has 1 aliphatic rings. The Bertz CT molecular complexity index is 609. The third-order valence-electron chi connectivity index (χ3n) is 2.87. The van der Waals surface area contributed by atoms with Crippen molar-refractivity contribution in [2.75, 3.05) is 0 Å². The third kappa shape index (κ3) is 2.02. The first-order valence-electron chi connectivity index (χ1n) is 5.53. The Hall–Kier alpha value is -1.40. The average Bonchev–Trinajstić information content (AvgIpc) is 2.94. The first kappa shape index (κ1) is 11.7. The molecule has 0 saturated carbocycles. The molecule has 1 aromatic heterocycles. The van der Waals surface area contributed by atoms with Crippen LogP contribution in [0.15, 0.2) is 33.8 Å². The zero-order valence-electron chi connectivity index (χ0n) is 9.70. The number of nitrogens with zero attached hydrogens (tertiary/aromatic N) is 3. The second-order valence-corrected chi connectivity index (χ2v) is 6.59. The van der Waals surface area contributed by atoms with Crippen molar-refractivity contribution in [1.82, 2.24) is 10.2 Å². The van der Waals surface area contributed by atoms with Crippen molar-refractivity contribution >= 4 is 28.8 Å². The minimum Gasteiger partial charge on any atom is -0.411 e. The molecule has 1 heterocycles. The fourth-order valence-electron chi connectivity index (χ4n) is 2.06. The Morgan fingerprint density at radius 3 is 2.94 bits per heavy atom. The van der Waals surface area contributed by atoms with Crippen LogP contribution in [0.25, 0.3) is 0 Å². The van der Waals surface area contributed by atoms with Crippen molar-refractivity contribution in [3.05, 3.63) is 40.4 Å². The number of hydrogen-bond acceptors (Lipinski definition) is 6. The lowest BCUT2D eigenvalue weighted by molar-refractivity contribution is 0.317. The van der Waals surface area contributed by atoms with E-state index >= 15 is 0 Å². The van der Waals surface area contributed by atoms with Gasteiger partial charge in [-0.15, -0.1) is 10.2 Å². The Kier molecular flexibility index (Phi) is 3.05. The summed E-state index contributed by atoms with van der Waals surface area (Å²) in [4.78, 5) is 0. The molecule has 92 valence electrons. The fraction of sp³-hybridized carbons (Fsp3) is 0.250. The lowest BCUT2D eigenvalue weighted by Crippen LogP contribution is -2.02. The number of oxime groups is 1. The monoisotopic (exact) mass is 277 g/mol. The first-order valence-corrected chi connectivity index (χ1v) is 7.23. The highest BCUT2D eigenvalue weighted by Crippen LogP contribution is 2.43. The van der Waals surface area contributed by atoms with Gasteiger partial charge in [0.2, 0.25) is 0 Å². The van der Waals surface area contributed by atoms with Gasteiger partial charge in [0.1, 0.15) is 5.01 Å². The molecular formula is C12H11N3OS2. The number of rotatable bonds is 2. The van der Waals surface area contributed by atoms with Crippen LogP contribution in [0.2, 0.25) is 0 Å². The Labute approximate surface area is 113 Å². The van der Waals surface area contributed by atoms with E-state index < -0.39 is 0 Å². The lowest BCUT2D eigenvalue weighted by Gasteiger charge is -2.08. The molecule has 0 aliphatic heterocycles. The summed E-state index contributed by atoms with van der Waals surface area (Å²) in [5, 5.41) is 21.7. The Morgan fingerprint density at radius 1 is 1.39 bits per heavy atom. The zero-order valence-corrected chi connectivity index (χ0v) is 11.3. The van der Waals surface area contributed by atoms with E-state index in [0.29, 0.717) is 6.42 Å². The van der Waals surface area contributed by atoms with Crippen LogP contribution in [-0.2, 0) is 6.42 Å². The van der Waals surface area contributed by atoms with E-state index in [1.807, 2.05) is 19.1 Å². The molecule has 1 unspecified atom stereocenters. The quantitative estimate of drug-likeness (QED) is 0.677. The van der Waals surface area contributed by atoms with Crippen molar-refractivity contribution in [3.8, 4) is 0 Å². The van der Waals surface area contributed by atoms with Crippen molar-refractivity contribution in [3.63, 3.8) is 0 Å². The molecule has 1 atom stereocenters. The van der Waals surface area contributed by atoms with E-state index in [0.717, 1.165) is 15.1 Å². The predicted octanol–water partition coefficient (Wildman–Crippen LogP) is 3.07. The van der Waals surface area contributed by atoms with Crippen LogP contribution in [0.5, 0.6) is 0 Å². The molecular weight excluding hydrogens is 266 g/mol. The van der Waals surface area contributed by atoms with Gasteiger partial charge in [0, 0.05) is 6.42 Å². The molecule has 0 spiro atoms. The van der Waals surface area contributed by atoms with Gasteiger partial charge in [0.15, 0.2) is 4.34 Å². The van der Waals surface area contributed by atoms with Crippen LogP contribution in [0.3, 0.4) is 0 Å². The van der Waals surface area contributed by atoms with Crippen LogP contribution in [0.1, 0.15) is 21.4 Å². The summed E-state index contributed by atoms with van der Waals surface area (Å²) in [5.41, 5.74) is 3.22. The summed E-state index contributed by atoms with van der Waals surface area (Å²) in [7, 11) is 0. The molecule has 0 fully saturated rings. The molecule has 1 N–H and O–H groups in total. The largest absolute Gasteiger partial charge is 0.411 e. The van der Waals surface area contributed by atoms with Crippen molar-refractivity contribution in [2.24, 2.45) is 5.16 Å². The number of hydrogen-bond donors (Lipinski definition) is 1. The van der Waals surface area contributed by atoms with Crippen LogP contribution in [0.4, 0.5) is 0 Å². The Balaban J connectivity index is 1.94. The maximum Gasteiger partial charge on any atom is 0.175 e. The first-order chi connectivity index (χ1) is 8.78. The summed E-state index contributed by atoms with van der Waals surface area (Å²) < 4.78 is 0.912. The molecule has 3 rings (SSSR count). The number of thioether (sulfide) groups is 1. The van der Waals surface area contributed by atoms with E-state index in [1.165, 1.54) is 11.1 Å². The summed E-state index contributed by atoms with van der Waals surface area (Å²) in [6.45, 7) is 1.94. The average molecular weight is 277 g/mol. The lowest BCUT2D eigenvalue weighted by atomic mass is 10.1. The van der Waals surface area contributed by atoms with E-state index in [2.05, 4.69) is 27.5 Å². The van der Waals surface area contributed by atoms with Gasteiger partial charge in [-0.05, 0) is 18.1 Å². The molecule has 0 bridgehead atoms. The number of aromatic nitrogens is 2. The minimum atomic E-state index is 0.0542. The van der Waals surface area contributed by atoms with Crippen LogP contribution >= 0.6 is 23.1 Å². The summed E-state index contributed by atoms with van der Waals surface area (Å²) in [6.07, 6.45) is 0.710. The molecule has 2 aromatic rings. The van der Waals surface area contributed by atoms with Gasteiger partial charge in [-0.25, -0.2) is 0 Å². The van der Waals surface area contributed by atoms with Crippen molar-refractivity contribution < 1.29 is 5.21 Å². The van der Waals surface area contributed by atoms with Crippen molar-refractivity contribution in [1.29, 1.82) is 0 Å². The topological polar surface area (TPSA) is 58.4 Å². The molecule has 6 heteroatoms. The molecule has 0 saturated heterocycles. The van der Waals surface area contributed by atoms with Gasteiger partial charge in [-0.1, -0.05) is 52.5 Å². The minimum absolute atomic E-state index is 0.0542. The van der Waals surface area contributed by atoms with Gasteiger partial charge in [-0.2, -0.15) is 0 Å². The second-order valence-electron chi connectivity index (χ2n) is 4.05. The summed E-state index contributed by atoms with van der Waals surface area (Å²) >= 11 is 3.17. The van der Waals surface area contributed by atoms with E-state index in [4.69, 9.17) is 5.21 Å². The molecule has 1 aliphatic carbocycles. The summed E-state index contributed by atoms with van der Waals surface area (Å²) in [6, 6.07) is 8.18. The highest BCUT2D eigenvalue weighted by atomic mass is 32.2. The number of aryl methyl sites for hydroxylation is 1. The second kappa shape index (κ2) is 4.70. The zero-order chi connectivity index (χ0) is 12.5. The van der Waals surface area contributed by atoms with Crippen LogP contribution in [0, 0.1) is 6.92 Å². The van der Waals surface area contributed by atoms with Gasteiger partial charge in [-0.3, -0.25) is 0 Å². The number of benzene rings is 1. The van der Waals surface area contributed by atoms with E-state index in [-0.39, 0.29) is 5.25 Å². The molecule has 1 aromatic carbocycles. The van der Waals surface area contributed by atoms with E-state index in [1.54, 1.807) is 23.1 Å². The number of fused-ring (bicyclic) bond motifs is 1. The Morgan fingerprint density at radius 2 is 2.22 bits per heavy atom. The van der Waals surface area contributed by atoms with Gasteiger partial charge in [0.05, 0.1) is 11.0 Å². The normalized spacial score (nSPS) is 20.3. The fourth-order valence-corrected chi connectivity index (χ4v) is 4.24. The van der Waals surface area contributed by atoms with Crippen LogP contribution in [-0.4, -0.2) is 21.1 Å². The third-order valence-corrected chi connectivity index (χ3v) is 5.08. The summed E-state index contributed by atoms with van der Waals surface area (Å²) in [5.74, 6) is 0. The SMILES string of the molecule is Cc1nnc(SC2C(=NO)Cc3ccccc32)s1. The highest BCUT2D eigenvalue weighted by molar-refractivity contribution is 8.01. The van der Waals surface area contributed by atoms with Crippen molar-refractivity contribution in [2.45, 2.75) is 22.9 Å². The maximum absolute atomic E-state index is 9.13. The van der Waals surface area contributed by atoms with Gasteiger partial charge in [0.25, 0.3) is 0 Å². The molecule has 0 radical (unpaired) electrons. The standard InChI is InChI=1S/C12H11N3OS2/c1-7-13-14-12(17-7)18-11-9-5-3-2-4-8(9)6-10(11)15-16/h2-5,11,16H,6H2,1H3. The molecule has 4 nitrogen and oxygen atoms in total. The maximum atomic E-state index is 9.13. The van der Waals surface area contributed by atoms with E-state index in [9.17, 15) is 0 Å². The van der Waals surface area contributed by atoms with Crippen LogP contribution < -0.4 is 0 Å². The van der Waals surface area contributed by atoms with Gasteiger partial charge >= 0.3 is 0 Å².